The molecule has 0 saturated carbocycles. The SMILES string of the molecule is CC(=O)NC1NC(SCC(=O)NCc2ccco2)NC(=O)C1NC(=O)c1ccc(F)cc1. The van der Waals surface area contributed by atoms with E-state index in [4.69, 9.17) is 4.42 Å². The standard InChI is InChI=1S/C20H22FN5O5S/c1-11(27)23-17-16(24-18(29)12-4-6-13(21)7-5-12)19(30)26-20(25-17)32-10-15(28)22-9-14-3-2-8-31-14/h2-8,16-17,20,25H,9-10H2,1H3,(H,22,28)(H,23,27)(H,24,29)(H,26,30). The zero-order valence-electron chi connectivity index (χ0n) is 17.0. The van der Waals surface area contributed by atoms with E-state index in [0.717, 1.165) is 23.9 Å². The highest BCUT2D eigenvalue weighted by molar-refractivity contribution is 8.00. The summed E-state index contributed by atoms with van der Waals surface area (Å²) < 4.78 is 18.2. The van der Waals surface area contributed by atoms with Crippen LogP contribution in [0.25, 0.3) is 0 Å². The third kappa shape index (κ3) is 6.56. The van der Waals surface area contributed by atoms with Gasteiger partial charge in [0.25, 0.3) is 5.91 Å². The monoisotopic (exact) mass is 463 g/mol. The van der Waals surface area contributed by atoms with Crippen molar-refractivity contribution < 1.29 is 28.0 Å². The van der Waals surface area contributed by atoms with Crippen LogP contribution in [0.15, 0.2) is 47.1 Å². The van der Waals surface area contributed by atoms with Gasteiger partial charge in [-0.05, 0) is 36.4 Å². The molecule has 2 aromatic rings. The molecule has 0 radical (unpaired) electrons. The van der Waals surface area contributed by atoms with Crippen LogP contribution in [0.1, 0.15) is 23.0 Å². The van der Waals surface area contributed by atoms with Gasteiger partial charge < -0.3 is 25.7 Å². The zero-order chi connectivity index (χ0) is 23.1. The summed E-state index contributed by atoms with van der Waals surface area (Å²) in [5, 5.41) is 13.4. The van der Waals surface area contributed by atoms with Gasteiger partial charge in [0.1, 0.15) is 29.3 Å². The molecular weight excluding hydrogens is 441 g/mol. The molecule has 1 aliphatic rings. The van der Waals surface area contributed by atoms with E-state index in [1.54, 1.807) is 12.1 Å². The smallest absolute Gasteiger partial charge is 0.252 e. The Hall–Kier alpha value is -3.38. The van der Waals surface area contributed by atoms with E-state index >= 15 is 0 Å². The van der Waals surface area contributed by atoms with Crippen molar-refractivity contribution in [3.05, 3.63) is 59.8 Å². The van der Waals surface area contributed by atoms with E-state index in [9.17, 15) is 23.6 Å². The second kappa shape index (κ2) is 10.8. The number of nitrogens with one attached hydrogen (secondary N) is 5. The molecule has 1 aliphatic heterocycles. The van der Waals surface area contributed by atoms with Gasteiger partial charge in [-0.3, -0.25) is 24.5 Å². The van der Waals surface area contributed by atoms with E-state index < -0.39 is 41.2 Å². The summed E-state index contributed by atoms with van der Waals surface area (Å²) in [4.78, 5) is 48.7. The number of carbonyl (C=O) groups is 4. The van der Waals surface area contributed by atoms with Crippen LogP contribution < -0.4 is 26.6 Å². The highest BCUT2D eigenvalue weighted by Gasteiger charge is 2.38. The first-order valence-electron chi connectivity index (χ1n) is 9.62. The molecule has 0 aliphatic carbocycles. The Morgan fingerprint density at radius 1 is 1.16 bits per heavy atom. The van der Waals surface area contributed by atoms with E-state index in [0.29, 0.717) is 5.76 Å². The lowest BCUT2D eigenvalue weighted by molar-refractivity contribution is -0.127. The van der Waals surface area contributed by atoms with E-state index in [-0.39, 0.29) is 23.8 Å². The number of benzene rings is 1. The Morgan fingerprint density at radius 3 is 2.56 bits per heavy atom. The molecule has 5 N–H and O–H groups in total. The molecule has 32 heavy (non-hydrogen) atoms. The zero-order valence-corrected chi connectivity index (χ0v) is 17.8. The minimum absolute atomic E-state index is 0.0258. The minimum Gasteiger partial charge on any atom is -0.467 e. The Morgan fingerprint density at radius 2 is 1.91 bits per heavy atom. The molecule has 1 aromatic heterocycles. The number of hydrogen-bond acceptors (Lipinski definition) is 7. The summed E-state index contributed by atoms with van der Waals surface area (Å²) in [7, 11) is 0. The molecular formula is C20H22FN5O5S. The second-order valence-corrected chi connectivity index (χ2v) is 7.95. The summed E-state index contributed by atoms with van der Waals surface area (Å²) >= 11 is 1.10. The first kappa shape index (κ1) is 23.3. The number of thioether (sulfide) groups is 1. The van der Waals surface area contributed by atoms with Crippen LogP contribution in [0.3, 0.4) is 0 Å². The maximum absolute atomic E-state index is 13.1. The minimum atomic E-state index is -1.12. The van der Waals surface area contributed by atoms with Crippen molar-refractivity contribution in [3.63, 3.8) is 0 Å². The van der Waals surface area contributed by atoms with Gasteiger partial charge in [0.15, 0.2) is 0 Å². The number of amides is 4. The van der Waals surface area contributed by atoms with E-state index in [2.05, 4.69) is 26.6 Å². The fourth-order valence-corrected chi connectivity index (χ4v) is 3.75. The summed E-state index contributed by atoms with van der Waals surface area (Å²) in [6.45, 7) is 1.51. The summed E-state index contributed by atoms with van der Waals surface area (Å²) in [6, 6.07) is 7.14. The van der Waals surface area contributed by atoms with Crippen LogP contribution >= 0.6 is 11.8 Å². The van der Waals surface area contributed by atoms with E-state index in [1.807, 2.05) is 0 Å². The van der Waals surface area contributed by atoms with Crippen LogP contribution in [0.4, 0.5) is 4.39 Å². The molecule has 170 valence electrons. The van der Waals surface area contributed by atoms with Crippen molar-refractivity contribution in [2.75, 3.05) is 5.75 Å². The number of furan rings is 1. The van der Waals surface area contributed by atoms with Crippen molar-refractivity contribution in [1.29, 1.82) is 0 Å². The summed E-state index contributed by atoms with van der Waals surface area (Å²) in [6.07, 6.45) is 0.583. The molecule has 1 fully saturated rings. The van der Waals surface area contributed by atoms with Crippen LogP contribution in [-0.4, -0.2) is 47.1 Å². The van der Waals surface area contributed by atoms with Crippen LogP contribution in [0, 0.1) is 5.82 Å². The lowest BCUT2D eigenvalue weighted by Crippen LogP contribution is -2.72. The van der Waals surface area contributed by atoms with Crippen LogP contribution in [-0.2, 0) is 20.9 Å². The highest BCUT2D eigenvalue weighted by atomic mass is 32.2. The summed E-state index contributed by atoms with van der Waals surface area (Å²) in [5.74, 6) is -1.71. The van der Waals surface area contributed by atoms with Gasteiger partial charge >= 0.3 is 0 Å². The van der Waals surface area contributed by atoms with Crippen molar-refractivity contribution in [3.8, 4) is 0 Å². The number of rotatable bonds is 8. The first-order valence-corrected chi connectivity index (χ1v) is 10.7. The van der Waals surface area contributed by atoms with Crippen molar-refractivity contribution in [1.82, 2.24) is 26.6 Å². The molecule has 3 atom stereocenters. The number of hydrogen-bond donors (Lipinski definition) is 5. The topological polar surface area (TPSA) is 142 Å². The van der Waals surface area contributed by atoms with Gasteiger partial charge in [0.2, 0.25) is 17.7 Å². The molecule has 1 saturated heterocycles. The number of carbonyl (C=O) groups excluding carboxylic acids is 4. The lowest BCUT2D eigenvalue weighted by atomic mass is 10.1. The average molecular weight is 463 g/mol. The molecule has 3 unspecified atom stereocenters. The molecule has 12 heteroatoms. The summed E-state index contributed by atoms with van der Waals surface area (Å²) in [5.41, 5.74) is -0.529. The predicted molar refractivity (Wildman–Crippen MR) is 113 cm³/mol. The molecule has 2 heterocycles. The average Bonchev–Trinajstić information content (AvgIpc) is 3.27. The van der Waals surface area contributed by atoms with Crippen LogP contribution in [0.5, 0.6) is 0 Å². The maximum atomic E-state index is 13.1. The molecule has 4 amide bonds. The maximum Gasteiger partial charge on any atom is 0.252 e. The lowest BCUT2D eigenvalue weighted by Gasteiger charge is -2.37. The first-order chi connectivity index (χ1) is 15.3. The van der Waals surface area contributed by atoms with Crippen molar-refractivity contribution >= 4 is 35.4 Å². The number of halogens is 1. The quantitative estimate of drug-likeness (QED) is 0.372. The van der Waals surface area contributed by atoms with Gasteiger partial charge in [-0.1, -0.05) is 0 Å². The van der Waals surface area contributed by atoms with Gasteiger partial charge in [0, 0.05) is 12.5 Å². The van der Waals surface area contributed by atoms with Crippen molar-refractivity contribution in [2.45, 2.75) is 31.2 Å². The molecule has 3 rings (SSSR count). The molecule has 10 nitrogen and oxygen atoms in total. The van der Waals surface area contributed by atoms with Crippen LogP contribution in [0.2, 0.25) is 0 Å². The third-order valence-corrected chi connectivity index (χ3v) is 5.41. The molecule has 0 bridgehead atoms. The van der Waals surface area contributed by atoms with Gasteiger partial charge in [-0.15, -0.1) is 11.8 Å². The Bertz CT molecular complexity index is 969. The fraction of sp³-hybridized carbons (Fsp3) is 0.300. The van der Waals surface area contributed by atoms with Crippen molar-refractivity contribution in [2.24, 2.45) is 0 Å². The Labute approximate surface area is 187 Å². The Balaban J connectivity index is 1.56. The molecule has 1 aromatic carbocycles. The van der Waals surface area contributed by atoms with Gasteiger partial charge in [0.05, 0.1) is 18.6 Å². The largest absolute Gasteiger partial charge is 0.467 e. The molecule has 0 spiro atoms. The third-order valence-electron chi connectivity index (χ3n) is 4.39. The Kier molecular flexibility index (Phi) is 7.84. The van der Waals surface area contributed by atoms with Gasteiger partial charge in [-0.25, -0.2) is 4.39 Å². The predicted octanol–water partition coefficient (Wildman–Crippen LogP) is 0.0319. The van der Waals surface area contributed by atoms with E-state index in [1.165, 1.54) is 25.3 Å². The highest BCUT2D eigenvalue weighted by Crippen LogP contribution is 2.13. The normalized spacial score (nSPS) is 20.2. The second-order valence-electron chi connectivity index (χ2n) is 6.86. The fourth-order valence-electron chi connectivity index (χ4n) is 2.89. The van der Waals surface area contributed by atoms with Gasteiger partial charge in [-0.2, -0.15) is 0 Å².